The third-order valence-electron chi connectivity index (χ3n) is 4.90. The molecule has 1 saturated heterocycles. The predicted molar refractivity (Wildman–Crippen MR) is 113 cm³/mol. The van der Waals surface area contributed by atoms with Gasteiger partial charge in [-0.1, -0.05) is 30.4 Å². The monoisotopic (exact) mass is 414 g/mol. The number of carbonyl (C=O) groups excluding carboxylic acids is 1. The molecule has 1 aliphatic rings. The number of ether oxygens (including phenoxy) is 1. The maximum atomic E-state index is 12.9. The van der Waals surface area contributed by atoms with E-state index in [9.17, 15) is 13.2 Å². The number of benzene rings is 2. The molecule has 1 heterocycles. The van der Waals surface area contributed by atoms with Crippen molar-refractivity contribution in [2.75, 3.05) is 25.0 Å². The van der Waals surface area contributed by atoms with E-state index >= 15 is 0 Å². The van der Waals surface area contributed by atoms with Crippen LogP contribution in [-0.4, -0.2) is 38.3 Å². The number of rotatable bonds is 7. The third-order valence-corrected chi connectivity index (χ3v) is 6.78. The Labute approximate surface area is 172 Å². The molecule has 1 N–H and O–H groups in total. The maximum absolute atomic E-state index is 12.9. The van der Waals surface area contributed by atoms with Crippen LogP contribution in [0.1, 0.15) is 18.4 Å². The molecule has 29 heavy (non-hydrogen) atoms. The molecule has 1 amide bonds. The van der Waals surface area contributed by atoms with E-state index in [1.54, 1.807) is 54.6 Å². The Morgan fingerprint density at radius 2 is 1.90 bits per heavy atom. The number of nitrogens with one attached hydrogen (secondary N) is 1. The molecule has 7 heteroatoms. The van der Waals surface area contributed by atoms with Crippen LogP contribution in [0.3, 0.4) is 0 Å². The normalized spacial score (nSPS) is 17.5. The summed E-state index contributed by atoms with van der Waals surface area (Å²) in [4.78, 5) is 13.0. The summed E-state index contributed by atoms with van der Waals surface area (Å²) in [5.74, 6) is 0.130. The number of anilines is 1. The molecule has 2 aromatic rings. The first-order valence-corrected chi connectivity index (χ1v) is 11.1. The fraction of sp³-hybridized carbons (Fsp3) is 0.318. The van der Waals surface area contributed by atoms with Crippen LogP contribution in [0.15, 0.2) is 66.1 Å². The highest BCUT2D eigenvalue weighted by atomic mass is 32.2. The van der Waals surface area contributed by atoms with Gasteiger partial charge < -0.3 is 10.1 Å². The smallest absolute Gasteiger partial charge is 0.243 e. The third kappa shape index (κ3) is 5.25. The number of sulfonamides is 1. The average molecular weight is 415 g/mol. The topological polar surface area (TPSA) is 75.7 Å². The van der Waals surface area contributed by atoms with Crippen molar-refractivity contribution in [3.63, 3.8) is 0 Å². The molecule has 0 saturated carbocycles. The van der Waals surface area contributed by atoms with Crippen molar-refractivity contribution in [1.82, 2.24) is 4.31 Å². The van der Waals surface area contributed by atoms with E-state index in [4.69, 9.17) is 4.74 Å². The van der Waals surface area contributed by atoms with E-state index in [1.165, 1.54) is 4.31 Å². The number of carbonyl (C=O) groups is 1. The Balaban J connectivity index is 1.64. The van der Waals surface area contributed by atoms with E-state index in [0.29, 0.717) is 37.4 Å². The molecular formula is C22H26N2O4S. The van der Waals surface area contributed by atoms with Crippen LogP contribution in [0.4, 0.5) is 5.69 Å². The first kappa shape index (κ1) is 21.1. The molecule has 0 spiro atoms. The lowest BCUT2D eigenvalue weighted by atomic mass is 9.99. The summed E-state index contributed by atoms with van der Waals surface area (Å²) >= 11 is 0. The zero-order valence-corrected chi connectivity index (χ0v) is 17.3. The van der Waals surface area contributed by atoms with Crippen molar-refractivity contribution in [1.29, 1.82) is 0 Å². The number of amides is 1. The summed E-state index contributed by atoms with van der Waals surface area (Å²) in [6.45, 7) is 6.54. The first-order valence-electron chi connectivity index (χ1n) is 9.61. The van der Waals surface area contributed by atoms with Crippen LogP contribution in [0.25, 0.3) is 0 Å². The second-order valence-electron chi connectivity index (χ2n) is 7.13. The lowest BCUT2D eigenvalue weighted by Crippen LogP contribution is -2.43. The Morgan fingerprint density at radius 3 is 2.55 bits per heavy atom. The van der Waals surface area contributed by atoms with Gasteiger partial charge in [-0.3, -0.25) is 4.79 Å². The van der Waals surface area contributed by atoms with E-state index in [0.717, 1.165) is 5.56 Å². The summed E-state index contributed by atoms with van der Waals surface area (Å²) in [5, 5.41) is 2.88. The highest BCUT2D eigenvalue weighted by Crippen LogP contribution is 2.25. The number of nitrogens with zero attached hydrogens (tertiary/aromatic N) is 1. The summed E-state index contributed by atoms with van der Waals surface area (Å²) in [6.07, 6.45) is 2.97. The fourth-order valence-electron chi connectivity index (χ4n) is 3.27. The maximum Gasteiger partial charge on any atom is 0.243 e. The highest BCUT2D eigenvalue weighted by molar-refractivity contribution is 7.89. The van der Waals surface area contributed by atoms with Crippen molar-refractivity contribution in [3.05, 3.63) is 66.7 Å². The van der Waals surface area contributed by atoms with Crippen molar-refractivity contribution in [2.45, 2.75) is 24.7 Å². The molecule has 1 unspecified atom stereocenters. The van der Waals surface area contributed by atoms with E-state index in [1.807, 2.05) is 6.92 Å². The predicted octanol–water partition coefficient (Wildman–Crippen LogP) is 3.60. The Bertz CT molecular complexity index is 953. The van der Waals surface area contributed by atoms with Crippen LogP contribution in [-0.2, 0) is 14.8 Å². The average Bonchev–Trinajstić information content (AvgIpc) is 2.73. The van der Waals surface area contributed by atoms with Gasteiger partial charge in [0.05, 0.1) is 10.8 Å². The number of piperidine rings is 1. The van der Waals surface area contributed by atoms with Crippen molar-refractivity contribution >= 4 is 21.6 Å². The van der Waals surface area contributed by atoms with Gasteiger partial charge in [-0.15, -0.1) is 0 Å². The Hall–Kier alpha value is -2.64. The van der Waals surface area contributed by atoms with Gasteiger partial charge in [0.1, 0.15) is 12.4 Å². The lowest BCUT2D eigenvalue weighted by Gasteiger charge is -2.31. The number of hydrogen-bond acceptors (Lipinski definition) is 4. The van der Waals surface area contributed by atoms with Gasteiger partial charge >= 0.3 is 0 Å². The SMILES string of the molecule is C=CCOc1ccc(NC(=O)C2CCCN(S(=O)(=O)c3ccc(C)cc3)C2)cc1. The standard InChI is InChI=1S/C22H26N2O4S/c1-3-15-28-20-10-8-19(9-11-20)23-22(25)18-5-4-14-24(16-18)29(26,27)21-12-6-17(2)7-13-21/h3,6-13,18H,1,4-5,14-16H2,2H3,(H,23,25). The molecule has 0 radical (unpaired) electrons. The minimum Gasteiger partial charge on any atom is -0.490 e. The van der Waals surface area contributed by atoms with Crippen molar-refractivity contribution in [2.24, 2.45) is 5.92 Å². The number of aryl methyl sites for hydroxylation is 1. The largest absolute Gasteiger partial charge is 0.490 e. The molecule has 0 aromatic heterocycles. The van der Waals surface area contributed by atoms with Gasteiger partial charge in [0.25, 0.3) is 0 Å². The molecule has 1 fully saturated rings. The van der Waals surface area contributed by atoms with Crippen molar-refractivity contribution in [3.8, 4) is 5.75 Å². The summed E-state index contributed by atoms with van der Waals surface area (Å²) < 4.78 is 32.7. The first-order chi connectivity index (χ1) is 13.9. The Morgan fingerprint density at radius 1 is 1.21 bits per heavy atom. The Kier molecular flexibility index (Phi) is 6.71. The van der Waals surface area contributed by atoms with Gasteiger partial charge in [0.15, 0.2) is 0 Å². The molecule has 1 atom stereocenters. The van der Waals surface area contributed by atoms with Crippen LogP contribution >= 0.6 is 0 Å². The summed E-state index contributed by atoms with van der Waals surface area (Å²) in [7, 11) is -3.60. The van der Waals surface area contributed by atoms with Crippen LogP contribution in [0.5, 0.6) is 5.75 Å². The fourth-order valence-corrected chi connectivity index (χ4v) is 4.79. The molecule has 6 nitrogen and oxygen atoms in total. The number of hydrogen-bond donors (Lipinski definition) is 1. The van der Waals surface area contributed by atoms with Gasteiger partial charge in [-0.25, -0.2) is 8.42 Å². The molecule has 2 aromatic carbocycles. The second-order valence-corrected chi connectivity index (χ2v) is 9.07. The van der Waals surface area contributed by atoms with Gasteiger partial charge in [-0.05, 0) is 56.2 Å². The summed E-state index contributed by atoms with van der Waals surface area (Å²) in [5.41, 5.74) is 1.65. The van der Waals surface area contributed by atoms with E-state index in [2.05, 4.69) is 11.9 Å². The van der Waals surface area contributed by atoms with Crippen LogP contribution in [0.2, 0.25) is 0 Å². The van der Waals surface area contributed by atoms with E-state index in [-0.39, 0.29) is 23.3 Å². The zero-order valence-electron chi connectivity index (χ0n) is 16.5. The zero-order chi connectivity index (χ0) is 20.9. The minimum absolute atomic E-state index is 0.173. The second kappa shape index (κ2) is 9.24. The van der Waals surface area contributed by atoms with Gasteiger partial charge in [0, 0.05) is 18.8 Å². The highest BCUT2D eigenvalue weighted by Gasteiger charge is 2.33. The molecule has 154 valence electrons. The minimum atomic E-state index is -3.60. The molecule has 0 aliphatic carbocycles. The summed E-state index contributed by atoms with van der Waals surface area (Å²) in [6, 6.07) is 13.9. The van der Waals surface area contributed by atoms with Gasteiger partial charge in [-0.2, -0.15) is 4.31 Å². The van der Waals surface area contributed by atoms with Crippen LogP contribution < -0.4 is 10.1 Å². The van der Waals surface area contributed by atoms with Crippen LogP contribution in [0, 0.1) is 12.8 Å². The van der Waals surface area contributed by atoms with E-state index < -0.39 is 10.0 Å². The molecule has 0 bridgehead atoms. The van der Waals surface area contributed by atoms with Crippen molar-refractivity contribution < 1.29 is 17.9 Å². The lowest BCUT2D eigenvalue weighted by molar-refractivity contribution is -0.120. The molecular weight excluding hydrogens is 388 g/mol. The molecule has 1 aliphatic heterocycles. The quantitative estimate of drug-likeness (QED) is 0.703. The molecule has 3 rings (SSSR count). The van der Waals surface area contributed by atoms with Gasteiger partial charge in [0.2, 0.25) is 15.9 Å².